The minimum atomic E-state index is 0.612. The molecule has 1 saturated carbocycles. The number of nitrogens with one attached hydrogen (secondary N) is 1. The van der Waals surface area contributed by atoms with Gasteiger partial charge in [-0.2, -0.15) is 0 Å². The molecule has 0 atom stereocenters. The van der Waals surface area contributed by atoms with Crippen LogP contribution >= 0.6 is 11.6 Å². The van der Waals surface area contributed by atoms with Gasteiger partial charge in [-0.1, -0.05) is 49.4 Å². The number of hydrogen-bond acceptors (Lipinski definition) is 1. The highest BCUT2D eigenvalue weighted by Gasteiger charge is 2.13. The third-order valence-corrected chi connectivity index (χ3v) is 3.74. The van der Waals surface area contributed by atoms with Crippen LogP contribution in [0.1, 0.15) is 44.1 Å². The lowest BCUT2D eigenvalue weighted by molar-refractivity contribution is 0.619. The summed E-state index contributed by atoms with van der Waals surface area (Å²) in [4.78, 5) is 0. The summed E-state index contributed by atoms with van der Waals surface area (Å²) in [6.07, 6.45) is 8.04. The maximum absolute atomic E-state index is 6.23. The molecule has 0 aliphatic heterocycles. The van der Waals surface area contributed by atoms with E-state index in [1.54, 1.807) is 0 Å². The van der Waals surface area contributed by atoms with E-state index in [-0.39, 0.29) is 0 Å². The van der Waals surface area contributed by atoms with E-state index in [1.165, 1.54) is 44.1 Å². The molecule has 16 heavy (non-hydrogen) atoms. The summed E-state index contributed by atoms with van der Waals surface area (Å²) in [6.45, 7) is 2.12. The van der Waals surface area contributed by atoms with Gasteiger partial charge in [0.05, 0.1) is 10.7 Å². The van der Waals surface area contributed by atoms with Crippen molar-refractivity contribution in [3.8, 4) is 0 Å². The molecule has 0 bridgehead atoms. The Labute approximate surface area is 103 Å². The van der Waals surface area contributed by atoms with Gasteiger partial charge >= 0.3 is 0 Å². The van der Waals surface area contributed by atoms with Crippen molar-refractivity contribution in [3.05, 3.63) is 28.8 Å². The van der Waals surface area contributed by atoms with E-state index in [0.717, 1.165) is 10.7 Å². The van der Waals surface area contributed by atoms with Crippen LogP contribution in [0.25, 0.3) is 0 Å². The Bertz CT molecular complexity index is 320. The first-order valence-corrected chi connectivity index (χ1v) is 6.67. The monoisotopic (exact) mass is 237 g/mol. The number of halogens is 1. The normalized spacial score (nSPS) is 18.1. The van der Waals surface area contributed by atoms with Crippen LogP contribution in [-0.4, -0.2) is 6.04 Å². The predicted molar refractivity (Wildman–Crippen MR) is 71.3 cm³/mol. The average Bonchev–Trinajstić information content (AvgIpc) is 2.52. The highest BCUT2D eigenvalue weighted by atomic mass is 35.5. The molecule has 1 fully saturated rings. The molecule has 88 valence electrons. The topological polar surface area (TPSA) is 12.0 Å². The minimum absolute atomic E-state index is 0.612. The van der Waals surface area contributed by atoms with E-state index >= 15 is 0 Å². The van der Waals surface area contributed by atoms with Crippen LogP contribution in [0.4, 0.5) is 5.69 Å². The first-order chi connectivity index (χ1) is 7.77. The molecule has 1 N–H and O–H groups in total. The van der Waals surface area contributed by atoms with E-state index in [1.807, 2.05) is 12.1 Å². The van der Waals surface area contributed by atoms with Gasteiger partial charge in [0.2, 0.25) is 0 Å². The van der Waals surface area contributed by atoms with Gasteiger partial charge in [-0.05, 0) is 31.4 Å². The maximum Gasteiger partial charge on any atom is 0.0640 e. The Morgan fingerprint density at radius 2 is 1.81 bits per heavy atom. The number of para-hydroxylation sites is 1. The molecule has 2 rings (SSSR count). The van der Waals surface area contributed by atoms with Crippen molar-refractivity contribution in [2.45, 2.75) is 51.5 Å². The molecule has 2 heteroatoms. The molecule has 1 nitrogen and oxygen atoms in total. The van der Waals surface area contributed by atoms with E-state index in [2.05, 4.69) is 18.3 Å². The summed E-state index contributed by atoms with van der Waals surface area (Å²) in [7, 11) is 0. The van der Waals surface area contributed by atoms with Crippen LogP contribution in [0.5, 0.6) is 0 Å². The Kier molecular flexibility index (Phi) is 4.11. The lowest BCUT2D eigenvalue weighted by Gasteiger charge is -2.20. The van der Waals surface area contributed by atoms with Gasteiger partial charge in [0, 0.05) is 6.04 Å². The number of rotatable bonds is 2. The van der Waals surface area contributed by atoms with Crippen LogP contribution in [-0.2, 0) is 0 Å². The molecule has 1 aromatic carbocycles. The molecule has 1 aromatic rings. The van der Waals surface area contributed by atoms with Crippen LogP contribution < -0.4 is 5.32 Å². The summed E-state index contributed by atoms with van der Waals surface area (Å²) >= 11 is 6.23. The SMILES string of the molecule is Cc1cccc(Cl)c1NC1CCCCCC1. The lowest BCUT2D eigenvalue weighted by Crippen LogP contribution is -2.19. The Balaban J connectivity index is 2.07. The largest absolute Gasteiger partial charge is 0.381 e. The molecule has 0 aromatic heterocycles. The van der Waals surface area contributed by atoms with E-state index in [4.69, 9.17) is 11.6 Å². The average molecular weight is 238 g/mol. The van der Waals surface area contributed by atoms with Crippen molar-refractivity contribution in [2.75, 3.05) is 5.32 Å². The zero-order chi connectivity index (χ0) is 11.4. The van der Waals surface area contributed by atoms with Gasteiger partial charge in [0.15, 0.2) is 0 Å². The van der Waals surface area contributed by atoms with E-state index in [0.29, 0.717) is 6.04 Å². The standard InChI is InChI=1S/C14H20ClN/c1-11-7-6-10-13(15)14(11)16-12-8-4-2-3-5-9-12/h6-7,10,12,16H,2-5,8-9H2,1H3. The first kappa shape index (κ1) is 11.8. The van der Waals surface area contributed by atoms with Crippen molar-refractivity contribution in [1.82, 2.24) is 0 Å². The summed E-state index contributed by atoms with van der Waals surface area (Å²) in [5.41, 5.74) is 2.38. The number of hydrogen-bond donors (Lipinski definition) is 1. The Hall–Kier alpha value is -0.690. The number of anilines is 1. The fraction of sp³-hybridized carbons (Fsp3) is 0.571. The molecular weight excluding hydrogens is 218 g/mol. The van der Waals surface area contributed by atoms with Crippen molar-refractivity contribution < 1.29 is 0 Å². The van der Waals surface area contributed by atoms with E-state index in [9.17, 15) is 0 Å². The zero-order valence-electron chi connectivity index (χ0n) is 9.93. The fourth-order valence-corrected chi connectivity index (χ4v) is 2.72. The molecule has 0 saturated heterocycles. The van der Waals surface area contributed by atoms with Crippen LogP contribution in [0.3, 0.4) is 0 Å². The van der Waals surface area contributed by atoms with Crippen molar-refractivity contribution in [2.24, 2.45) is 0 Å². The molecule has 0 unspecified atom stereocenters. The van der Waals surface area contributed by atoms with Crippen LogP contribution in [0.2, 0.25) is 5.02 Å². The summed E-state index contributed by atoms with van der Waals surface area (Å²) in [5.74, 6) is 0. The van der Waals surface area contributed by atoms with Gasteiger partial charge in [0.1, 0.15) is 0 Å². The second-order valence-electron chi connectivity index (χ2n) is 4.76. The van der Waals surface area contributed by atoms with Gasteiger partial charge in [-0.25, -0.2) is 0 Å². The number of benzene rings is 1. The van der Waals surface area contributed by atoms with Gasteiger partial charge in [-0.3, -0.25) is 0 Å². The molecule has 0 radical (unpaired) electrons. The number of aryl methyl sites for hydroxylation is 1. The third kappa shape index (κ3) is 2.91. The molecule has 0 heterocycles. The van der Waals surface area contributed by atoms with Crippen LogP contribution in [0, 0.1) is 6.92 Å². The maximum atomic E-state index is 6.23. The lowest BCUT2D eigenvalue weighted by atomic mass is 10.1. The second-order valence-corrected chi connectivity index (χ2v) is 5.17. The van der Waals surface area contributed by atoms with E-state index < -0.39 is 0 Å². The van der Waals surface area contributed by atoms with Gasteiger partial charge in [0.25, 0.3) is 0 Å². The summed E-state index contributed by atoms with van der Waals surface area (Å²) in [6, 6.07) is 6.70. The minimum Gasteiger partial charge on any atom is -0.381 e. The summed E-state index contributed by atoms with van der Waals surface area (Å²) in [5, 5.41) is 4.48. The fourth-order valence-electron chi connectivity index (χ4n) is 2.44. The zero-order valence-corrected chi connectivity index (χ0v) is 10.7. The second kappa shape index (κ2) is 5.58. The third-order valence-electron chi connectivity index (χ3n) is 3.43. The molecule has 0 amide bonds. The molecule has 1 aliphatic rings. The van der Waals surface area contributed by atoms with Gasteiger partial charge in [-0.15, -0.1) is 0 Å². The Morgan fingerprint density at radius 1 is 1.12 bits per heavy atom. The van der Waals surface area contributed by atoms with Crippen molar-refractivity contribution in [3.63, 3.8) is 0 Å². The summed E-state index contributed by atoms with van der Waals surface area (Å²) < 4.78 is 0. The smallest absolute Gasteiger partial charge is 0.0640 e. The molecule has 1 aliphatic carbocycles. The predicted octanol–water partition coefficient (Wildman–Crippen LogP) is 4.78. The van der Waals surface area contributed by atoms with Crippen molar-refractivity contribution in [1.29, 1.82) is 0 Å². The van der Waals surface area contributed by atoms with Crippen LogP contribution in [0.15, 0.2) is 18.2 Å². The Morgan fingerprint density at radius 3 is 2.44 bits per heavy atom. The van der Waals surface area contributed by atoms with Gasteiger partial charge < -0.3 is 5.32 Å². The quantitative estimate of drug-likeness (QED) is 0.730. The highest BCUT2D eigenvalue weighted by molar-refractivity contribution is 6.33. The first-order valence-electron chi connectivity index (χ1n) is 6.29. The molecule has 0 spiro atoms. The molecular formula is C14H20ClN. The highest BCUT2D eigenvalue weighted by Crippen LogP contribution is 2.28. The van der Waals surface area contributed by atoms with Crippen molar-refractivity contribution >= 4 is 17.3 Å².